The molecule has 3 aromatic carbocycles. The molecule has 0 aliphatic carbocycles. The first-order valence-electron chi connectivity index (χ1n) is 13.2. The Morgan fingerprint density at radius 3 is 2.27 bits per heavy atom. The lowest BCUT2D eigenvalue weighted by molar-refractivity contribution is -0.145. The highest BCUT2D eigenvalue weighted by molar-refractivity contribution is 6.31. The van der Waals surface area contributed by atoms with Gasteiger partial charge in [-0.05, 0) is 65.6 Å². The van der Waals surface area contributed by atoms with Crippen LogP contribution in [-0.4, -0.2) is 28.9 Å². The normalized spacial score (nSPS) is 19.6. The lowest BCUT2D eigenvalue weighted by atomic mass is 9.86. The largest absolute Gasteiger partial charge is 0.351 e. The molecule has 4 amide bonds. The van der Waals surface area contributed by atoms with E-state index in [9.17, 15) is 18.8 Å². The molecule has 1 saturated heterocycles. The molecule has 0 spiro atoms. The van der Waals surface area contributed by atoms with E-state index in [0.717, 1.165) is 5.56 Å². The molecule has 0 radical (unpaired) electrons. The minimum Gasteiger partial charge on any atom is -0.351 e. The van der Waals surface area contributed by atoms with Crippen LogP contribution >= 0.6 is 11.6 Å². The van der Waals surface area contributed by atoms with Gasteiger partial charge in [-0.3, -0.25) is 19.9 Å². The number of anilines is 1. The van der Waals surface area contributed by atoms with Crippen LogP contribution < -0.4 is 16.1 Å². The number of hydrogen-bond donors (Lipinski definition) is 2. The Kier molecular flexibility index (Phi) is 8.79. The van der Waals surface area contributed by atoms with Crippen LogP contribution in [0.2, 0.25) is 5.02 Å². The summed E-state index contributed by atoms with van der Waals surface area (Å²) < 4.78 is 13.9. The Balaban J connectivity index is 1.86. The van der Waals surface area contributed by atoms with Crippen LogP contribution in [0.5, 0.6) is 0 Å². The molecule has 210 valence electrons. The smallest absolute Gasteiger partial charge is 0.320 e. The number of benzene rings is 3. The van der Waals surface area contributed by atoms with Gasteiger partial charge in [0.2, 0.25) is 5.91 Å². The van der Waals surface area contributed by atoms with E-state index in [1.165, 1.54) is 22.0 Å². The third-order valence-corrected chi connectivity index (χ3v) is 7.18. The molecule has 40 heavy (non-hydrogen) atoms. The number of nitrogens with two attached hydrogens (primary N) is 1. The van der Waals surface area contributed by atoms with Crippen molar-refractivity contribution in [1.29, 1.82) is 0 Å². The average molecular weight is 565 g/mol. The van der Waals surface area contributed by atoms with Crippen LogP contribution in [0, 0.1) is 11.2 Å². The molecule has 1 fully saturated rings. The van der Waals surface area contributed by atoms with Crippen LogP contribution in [0.1, 0.15) is 63.1 Å². The predicted molar refractivity (Wildman–Crippen MR) is 154 cm³/mol. The van der Waals surface area contributed by atoms with E-state index in [1.807, 2.05) is 51.1 Å². The Morgan fingerprint density at radius 1 is 1.00 bits per heavy atom. The summed E-state index contributed by atoms with van der Waals surface area (Å²) in [7, 11) is 0. The SMILES string of the molecule is CC(C)(C)CC(=O)NN1C(=O)C(N(C(N)=O)c2cccc(Cl)c2)CC(c2ccccc2)CC1c1ccc(F)cc1. The first kappa shape index (κ1) is 29.1. The highest BCUT2D eigenvalue weighted by Gasteiger charge is 2.43. The Hall–Kier alpha value is -3.91. The van der Waals surface area contributed by atoms with Crippen LogP contribution in [-0.2, 0) is 9.59 Å². The molecule has 3 unspecified atom stereocenters. The van der Waals surface area contributed by atoms with Crippen LogP contribution in [0.15, 0.2) is 78.9 Å². The lowest BCUT2D eigenvalue weighted by Crippen LogP contribution is -2.57. The van der Waals surface area contributed by atoms with E-state index >= 15 is 0 Å². The van der Waals surface area contributed by atoms with Crippen molar-refractivity contribution >= 4 is 35.1 Å². The van der Waals surface area contributed by atoms with Gasteiger partial charge in [-0.2, -0.15) is 0 Å². The van der Waals surface area contributed by atoms with Crippen LogP contribution in [0.4, 0.5) is 14.9 Å². The number of nitrogens with one attached hydrogen (secondary N) is 1. The van der Waals surface area contributed by atoms with Crippen molar-refractivity contribution in [1.82, 2.24) is 10.4 Å². The Labute approximate surface area is 239 Å². The Morgan fingerprint density at radius 2 is 1.68 bits per heavy atom. The summed E-state index contributed by atoms with van der Waals surface area (Å²) in [4.78, 5) is 41.8. The maximum atomic E-state index is 14.4. The number of hydrazine groups is 1. The van der Waals surface area contributed by atoms with Gasteiger partial charge in [0.15, 0.2) is 0 Å². The summed E-state index contributed by atoms with van der Waals surface area (Å²) in [6, 6.07) is 19.6. The minimum absolute atomic E-state index is 0.160. The minimum atomic E-state index is -1.05. The molecule has 1 aliphatic heterocycles. The second kappa shape index (κ2) is 12.1. The standard InChI is InChI=1S/C31H34ClFN4O3/c1-31(2,3)19-28(38)35-37-26(21-12-14-24(33)15-13-21)16-22(20-8-5-4-6-9-20)17-27(29(37)39)36(30(34)40)25-11-7-10-23(32)18-25/h4-15,18,22,26-27H,16-17,19H2,1-3H3,(H2,34,40)(H,35,38). The van der Waals surface area contributed by atoms with Gasteiger partial charge in [-0.25, -0.2) is 14.2 Å². The first-order valence-corrected chi connectivity index (χ1v) is 13.6. The average Bonchev–Trinajstić information content (AvgIpc) is 3.01. The molecule has 4 rings (SSSR count). The predicted octanol–water partition coefficient (Wildman–Crippen LogP) is 6.35. The van der Waals surface area contributed by atoms with Gasteiger partial charge in [-0.15, -0.1) is 0 Å². The molecule has 0 aromatic heterocycles. The summed E-state index contributed by atoms with van der Waals surface area (Å²) in [6.07, 6.45) is 0.811. The molecule has 0 bridgehead atoms. The van der Waals surface area contributed by atoms with Crippen molar-refractivity contribution in [2.24, 2.45) is 11.1 Å². The zero-order valence-corrected chi connectivity index (χ0v) is 23.6. The van der Waals surface area contributed by atoms with E-state index in [-0.39, 0.29) is 30.1 Å². The number of nitrogens with zero attached hydrogens (tertiary/aromatic N) is 2. The molecule has 1 aliphatic rings. The van der Waals surface area contributed by atoms with Crippen LogP contribution in [0.25, 0.3) is 0 Å². The molecule has 3 N–H and O–H groups in total. The third-order valence-electron chi connectivity index (χ3n) is 6.95. The Bertz CT molecular complexity index is 1360. The van der Waals surface area contributed by atoms with Crippen molar-refractivity contribution in [3.63, 3.8) is 0 Å². The summed E-state index contributed by atoms with van der Waals surface area (Å²) in [5.41, 5.74) is 10.4. The van der Waals surface area contributed by atoms with Gasteiger partial charge in [-0.1, -0.05) is 80.9 Å². The quantitative estimate of drug-likeness (QED) is 0.365. The highest BCUT2D eigenvalue weighted by Crippen LogP contribution is 2.40. The number of rotatable bonds is 6. The fraction of sp³-hybridized carbons (Fsp3) is 0.323. The summed E-state index contributed by atoms with van der Waals surface area (Å²) in [6.45, 7) is 5.78. The van der Waals surface area contributed by atoms with E-state index in [4.69, 9.17) is 17.3 Å². The van der Waals surface area contributed by atoms with Gasteiger partial charge in [0.05, 0.1) is 6.04 Å². The van der Waals surface area contributed by atoms with Gasteiger partial charge < -0.3 is 5.73 Å². The number of urea groups is 1. The van der Waals surface area contributed by atoms with Gasteiger partial charge in [0.1, 0.15) is 11.9 Å². The number of carbonyl (C=O) groups excluding carboxylic acids is 3. The number of hydrogen-bond acceptors (Lipinski definition) is 3. The fourth-order valence-electron chi connectivity index (χ4n) is 5.21. The van der Waals surface area contributed by atoms with Crippen molar-refractivity contribution in [3.05, 3.63) is 101 Å². The fourth-order valence-corrected chi connectivity index (χ4v) is 5.40. The summed E-state index contributed by atoms with van der Waals surface area (Å²) >= 11 is 6.24. The maximum absolute atomic E-state index is 14.4. The van der Waals surface area contributed by atoms with E-state index in [2.05, 4.69) is 5.43 Å². The lowest BCUT2D eigenvalue weighted by Gasteiger charge is -2.35. The number of primary amides is 1. The second-order valence-corrected chi connectivity index (χ2v) is 11.8. The first-order chi connectivity index (χ1) is 18.9. The molecule has 3 aromatic rings. The van der Waals surface area contributed by atoms with Crippen molar-refractivity contribution in [2.75, 3.05) is 4.90 Å². The molecular weight excluding hydrogens is 531 g/mol. The van der Waals surface area contributed by atoms with E-state index < -0.39 is 29.8 Å². The number of halogens is 2. The zero-order valence-electron chi connectivity index (χ0n) is 22.8. The van der Waals surface area contributed by atoms with Crippen molar-refractivity contribution in [2.45, 2.75) is 58.0 Å². The van der Waals surface area contributed by atoms with Crippen LogP contribution in [0.3, 0.4) is 0 Å². The second-order valence-electron chi connectivity index (χ2n) is 11.3. The highest BCUT2D eigenvalue weighted by atomic mass is 35.5. The van der Waals surface area contributed by atoms with E-state index in [0.29, 0.717) is 22.7 Å². The maximum Gasteiger partial charge on any atom is 0.320 e. The number of carbonyl (C=O) groups is 3. The summed E-state index contributed by atoms with van der Waals surface area (Å²) in [5.74, 6) is -1.48. The van der Waals surface area contributed by atoms with Crippen molar-refractivity contribution < 1.29 is 18.8 Å². The monoisotopic (exact) mass is 564 g/mol. The molecule has 9 heteroatoms. The summed E-state index contributed by atoms with van der Waals surface area (Å²) in [5, 5.41) is 1.68. The van der Waals surface area contributed by atoms with Gasteiger partial charge >= 0.3 is 6.03 Å². The topological polar surface area (TPSA) is 95.7 Å². The van der Waals surface area contributed by atoms with Gasteiger partial charge in [0.25, 0.3) is 5.91 Å². The zero-order chi connectivity index (χ0) is 29.0. The number of amides is 4. The molecule has 7 nitrogen and oxygen atoms in total. The molecule has 0 saturated carbocycles. The molecule has 3 atom stereocenters. The third kappa shape index (κ3) is 6.99. The van der Waals surface area contributed by atoms with Gasteiger partial charge in [0, 0.05) is 17.1 Å². The molecule has 1 heterocycles. The molecular formula is C31H34ClFN4O3. The van der Waals surface area contributed by atoms with Crippen molar-refractivity contribution in [3.8, 4) is 0 Å². The van der Waals surface area contributed by atoms with E-state index in [1.54, 1.807) is 36.4 Å².